The fraction of sp³-hybridized carbons (Fsp3) is 0.231. The third-order valence-electron chi connectivity index (χ3n) is 3.29. The Hall–Kier alpha value is -2.30. The zero-order valence-corrected chi connectivity index (χ0v) is 9.68. The fourth-order valence-corrected chi connectivity index (χ4v) is 2.16. The summed E-state index contributed by atoms with van der Waals surface area (Å²) < 4.78 is 4.89. The standard InChI is InChI=1S/C13H12N4O/c14-12-6-10(17-18-12)8-3-4-9-11(5-8)16-13(15-9)7-1-2-7/h3-7H,1-2,14H2,(H,15,16). The number of H-pyrrole nitrogens is 1. The van der Waals surface area contributed by atoms with E-state index >= 15 is 0 Å². The summed E-state index contributed by atoms with van der Waals surface area (Å²) in [7, 11) is 0. The van der Waals surface area contributed by atoms with Gasteiger partial charge in [0, 0.05) is 17.5 Å². The lowest BCUT2D eigenvalue weighted by molar-refractivity contribution is 0.439. The first-order valence-electron chi connectivity index (χ1n) is 6.02. The molecule has 0 aliphatic heterocycles. The van der Waals surface area contributed by atoms with Crippen molar-refractivity contribution in [2.45, 2.75) is 18.8 Å². The number of rotatable bonds is 2. The molecule has 1 aromatic carbocycles. The Morgan fingerprint density at radius 1 is 1.28 bits per heavy atom. The number of nitrogens with one attached hydrogen (secondary N) is 1. The summed E-state index contributed by atoms with van der Waals surface area (Å²) in [5, 5.41) is 3.91. The van der Waals surface area contributed by atoms with Gasteiger partial charge in [0.05, 0.1) is 11.0 Å². The Bertz CT molecular complexity index is 724. The molecule has 0 amide bonds. The molecule has 90 valence electrons. The molecule has 3 aromatic rings. The zero-order valence-electron chi connectivity index (χ0n) is 9.68. The maximum Gasteiger partial charge on any atom is 0.222 e. The van der Waals surface area contributed by atoms with Crippen LogP contribution < -0.4 is 5.73 Å². The van der Waals surface area contributed by atoms with E-state index in [1.54, 1.807) is 6.07 Å². The van der Waals surface area contributed by atoms with Crippen LogP contribution in [0.2, 0.25) is 0 Å². The van der Waals surface area contributed by atoms with Gasteiger partial charge in [-0.1, -0.05) is 11.2 Å². The smallest absolute Gasteiger partial charge is 0.222 e. The van der Waals surface area contributed by atoms with Crippen LogP contribution in [0.15, 0.2) is 28.8 Å². The minimum Gasteiger partial charge on any atom is -0.368 e. The molecule has 0 unspecified atom stereocenters. The van der Waals surface area contributed by atoms with E-state index in [-0.39, 0.29) is 0 Å². The van der Waals surface area contributed by atoms with Gasteiger partial charge in [0.15, 0.2) is 0 Å². The largest absolute Gasteiger partial charge is 0.368 e. The Kier molecular flexibility index (Phi) is 1.81. The number of benzene rings is 1. The summed E-state index contributed by atoms with van der Waals surface area (Å²) in [6.07, 6.45) is 2.49. The Morgan fingerprint density at radius 2 is 2.17 bits per heavy atom. The van der Waals surface area contributed by atoms with Gasteiger partial charge in [-0.2, -0.15) is 0 Å². The predicted octanol–water partition coefficient (Wildman–Crippen LogP) is 2.68. The highest BCUT2D eigenvalue weighted by Gasteiger charge is 2.26. The number of anilines is 1. The van der Waals surface area contributed by atoms with Gasteiger partial charge in [0.2, 0.25) is 5.88 Å². The normalized spacial score (nSPS) is 15.3. The second-order valence-corrected chi connectivity index (χ2v) is 4.74. The predicted molar refractivity (Wildman–Crippen MR) is 68.0 cm³/mol. The third-order valence-corrected chi connectivity index (χ3v) is 3.29. The maximum atomic E-state index is 5.53. The van der Waals surface area contributed by atoms with Gasteiger partial charge in [0.25, 0.3) is 0 Å². The van der Waals surface area contributed by atoms with Crippen LogP contribution in [0, 0.1) is 0 Å². The molecular formula is C13H12N4O. The number of nitrogens with two attached hydrogens (primary N) is 1. The van der Waals surface area contributed by atoms with Crippen molar-refractivity contribution >= 4 is 16.9 Å². The monoisotopic (exact) mass is 240 g/mol. The molecule has 3 N–H and O–H groups in total. The van der Waals surface area contributed by atoms with Gasteiger partial charge in [0.1, 0.15) is 11.5 Å². The van der Waals surface area contributed by atoms with Crippen LogP contribution in [-0.2, 0) is 0 Å². The van der Waals surface area contributed by atoms with Crippen LogP contribution in [0.3, 0.4) is 0 Å². The quantitative estimate of drug-likeness (QED) is 0.721. The van der Waals surface area contributed by atoms with Crippen LogP contribution in [0.1, 0.15) is 24.6 Å². The summed E-state index contributed by atoms with van der Waals surface area (Å²) in [6, 6.07) is 7.74. The average molecular weight is 240 g/mol. The van der Waals surface area contributed by atoms with Crippen molar-refractivity contribution in [3.05, 3.63) is 30.1 Å². The van der Waals surface area contributed by atoms with Crippen LogP contribution in [0.5, 0.6) is 0 Å². The molecular weight excluding hydrogens is 228 g/mol. The number of hydrogen-bond donors (Lipinski definition) is 2. The highest BCUT2D eigenvalue weighted by molar-refractivity contribution is 5.81. The van der Waals surface area contributed by atoms with Gasteiger partial charge in [-0.15, -0.1) is 0 Å². The molecule has 1 fully saturated rings. The van der Waals surface area contributed by atoms with Crippen LogP contribution >= 0.6 is 0 Å². The summed E-state index contributed by atoms with van der Waals surface area (Å²) in [6.45, 7) is 0. The van der Waals surface area contributed by atoms with E-state index in [0.29, 0.717) is 11.8 Å². The second-order valence-electron chi connectivity index (χ2n) is 4.74. The molecule has 2 heterocycles. The van der Waals surface area contributed by atoms with E-state index in [9.17, 15) is 0 Å². The molecule has 5 nitrogen and oxygen atoms in total. The molecule has 5 heteroatoms. The number of hydrogen-bond acceptors (Lipinski definition) is 4. The summed E-state index contributed by atoms with van der Waals surface area (Å²) in [5.41, 5.74) is 9.29. The van der Waals surface area contributed by atoms with Crippen molar-refractivity contribution in [3.8, 4) is 11.3 Å². The van der Waals surface area contributed by atoms with E-state index in [2.05, 4.69) is 15.1 Å². The van der Waals surface area contributed by atoms with Crippen molar-refractivity contribution < 1.29 is 4.52 Å². The van der Waals surface area contributed by atoms with E-state index in [1.165, 1.54) is 12.8 Å². The van der Waals surface area contributed by atoms with E-state index in [4.69, 9.17) is 10.3 Å². The zero-order chi connectivity index (χ0) is 12.1. The van der Waals surface area contributed by atoms with Gasteiger partial charge in [-0.25, -0.2) is 4.98 Å². The van der Waals surface area contributed by atoms with E-state index in [0.717, 1.165) is 28.1 Å². The van der Waals surface area contributed by atoms with E-state index < -0.39 is 0 Å². The first-order valence-corrected chi connectivity index (χ1v) is 6.02. The van der Waals surface area contributed by atoms with Crippen molar-refractivity contribution in [2.75, 3.05) is 5.73 Å². The molecule has 18 heavy (non-hydrogen) atoms. The molecule has 2 aromatic heterocycles. The number of aromatic nitrogens is 3. The average Bonchev–Trinajstić information content (AvgIpc) is 2.99. The van der Waals surface area contributed by atoms with Gasteiger partial charge in [-0.3, -0.25) is 0 Å². The number of fused-ring (bicyclic) bond motifs is 1. The van der Waals surface area contributed by atoms with Crippen molar-refractivity contribution in [2.24, 2.45) is 0 Å². The molecule has 1 aliphatic rings. The fourth-order valence-electron chi connectivity index (χ4n) is 2.16. The lowest BCUT2D eigenvalue weighted by atomic mass is 10.1. The van der Waals surface area contributed by atoms with Crippen molar-refractivity contribution in [3.63, 3.8) is 0 Å². The highest BCUT2D eigenvalue weighted by atomic mass is 16.5. The number of nitrogens with zero attached hydrogens (tertiary/aromatic N) is 2. The molecule has 1 aliphatic carbocycles. The minimum atomic E-state index is 0.327. The molecule has 1 saturated carbocycles. The number of imidazole rings is 1. The molecule has 4 rings (SSSR count). The van der Waals surface area contributed by atoms with Gasteiger partial charge >= 0.3 is 0 Å². The molecule has 0 atom stereocenters. The number of aromatic amines is 1. The molecule has 0 saturated heterocycles. The Labute approximate surface area is 103 Å². The summed E-state index contributed by atoms with van der Waals surface area (Å²) >= 11 is 0. The van der Waals surface area contributed by atoms with Crippen LogP contribution in [-0.4, -0.2) is 15.1 Å². The van der Waals surface area contributed by atoms with Gasteiger partial charge < -0.3 is 15.2 Å². The summed E-state index contributed by atoms with van der Waals surface area (Å²) in [5.74, 6) is 2.05. The summed E-state index contributed by atoms with van der Waals surface area (Å²) in [4.78, 5) is 7.96. The molecule has 0 radical (unpaired) electrons. The molecule has 0 bridgehead atoms. The first-order chi connectivity index (χ1) is 8.79. The molecule has 0 spiro atoms. The Morgan fingerprint density at radius 3 is 2.89 bits per heavy atom. The lowest BCUT2D eigenvalue weighted by Crippen LogP contribution is -1.79. The number of nitrogen functional groups attached to an aromatic ring is 1. The third kappa shape index (κ3) is 1.48. The lowest BCUT2D eigenvalue weighted by Gasteiger charge is -1.94. The van der Waals surface area contributed by atoms with E-state index in [1.807, 2.05) is 18.2 Å². The SMILES string of the molecule is Nc1cc(-c2ccc3nc(C4CC4)[nH]c3c2)no1. The minimum absolute atomic E-state index is 0.327. The first kappa shape index (κ1) is 9.70. The maximum absolute atomic E-state index is 5.53. The second kappa shape index (κ2) is 3.35. The Balaban J connectivity index is 1.82. The van der Waals surface area contributed by atoms with Crippen LogP contribution in [0.4, 0.5) is 5.88 Å². The topological polar surface area (TPSA) is 80.7 Å². The van der Waals surface area contributed by atoms with Gasteiger partial charge in [-0.05, 0) is 25.0 Å². The highest BCUT2D eigenvalue weighted by Crippen LogP contribution is 2.39. The van der Waals surface area contributed by atoms with Crippen LogP contribution in [0.25, 0.3) is 22.3 Å². The van der Waals surface area contributed by atoms with Crippen molar-refractivity contribution in [1.29, 1.82) is 0 Å². The van der Waals surface area contributed by atoms with Crippen molar-refractivity contribution in [1.82, 2.24) is 15.1 Å².